The quantitative estimate of drug-likeness (QED) is 0.855. The van der Waals surface area contributed by atoms with Gasteiger partial charge in [0.1, 0.15) is 5.01 Å². The van der Waals surface area contributed by atoms with Crippen LogP contribution in [0.15, 0.2) is 29.2 Å². The van der Waals surface area contributed by atoms with Crippen LogP contribution in [0, 0.1) is 0 Å². The molecule has 1 aromatic heterocycles. The lowest BCUT2D eigenvalue weighted by Gasteiger charge is -1.98. The third kappa shape index (κ3) is 2.92. The molecule has 5 heteroatoms. The van der Waals surface area contributed by atoms with E-state index in [4.69, 9.17) is 10.5 Å². The molecule has 1 aromatic carbocycles. The van der Waals surface area contributed by atoms with Crippen molar-refractivity contribution in [1.82, 2.24) is 4.98 Å². The Morgan fingerprint density at radius 3 is 2.61 bits per heavy atom. The molecule has 0 unspecified atom stereocenters. The standard InChI is InChI=1S/C13H16N2OS2/c1-16-8-11-12(7-14)18-13(15-11)9-3-5-10(17-2)6-4-9/h3-6H,7-8,14H2,1-2H3. The Morgan fingerprint density at radius 2 is 2.06 bits per heavy atom. The summed E-state index contributed by atoms with van der Waals surface area (Å²) < 4.78 is 5.14. The van der Waals surface area contributed by atoms with Gasteiger partial charge in [-0.25, -0.2) is 4.98 Å². The summed E-state index contributed by atoms with van der Waals surface area (Å²) >= 11 is 3.38. The van der Waals surface area contributed by atoms with Gasteiger partial charge in [0.15, 0.2) is 0 Å². The van der Waals surface area contributed by atoms with E-state index in [9.17, 15) is 0 Å². The summed E-state index contributed by atoms with van der Waals surface area (Å²) in [6.07, 6.45) is 2.07. The van der Waals surface area contributed by atoms with E-state index in [1.54, 1.807) is 30.2 Å². The van der Waals surface area contributed by atoms with Crippen LogP contribution in [0.25, 0.3) is 10.6 Å². The van der Waals surface area contributed by atoms with Crippen LogP contribution in [-0.2, 0) is 17.9 Å². The van der Waals surface area contributed by atoms with Gasteiger partial charge in [0.25, 0.3) is 0 Å². The number of thiazole rings is 1. The summed E-state index contributed by atoms with van der Waals surface area (Å²) in [5, 5.41) is 1.01. The van der Waals surface area contributed by atoms with Crippen molar-refractivity contribution in [2.24, 2.45) is 5.73 Å². The molecule has 0 aliphatic heterocycles. The molecule has 0 fully saturated rings. The molecule has 0 atom stereocenters. The van der Waals surface area contributed by atoms with Crippen LogP contribution in [0.2, 0.25) is 0 Å². The second kappa shape index (κ2) is 6.33. The number of hydrogen-bond donors (Lipinski definition) is 1. The smallest absolute Gasteiger partial charge is 0.124 e. The number of rotatable bonds is 5. The highest BCUT2D eigenvalue weighted by atomic mass is 32.2. The Labute approximate surface area is 115 Å². The van der Waals surface area contributed by atoms with Crippen LogP contribution in [0.1, 0.15) is 10.6 Å². The van der Waals surface area contributed by atoms with Gasteiger partial charge in [-0.05, 0) is 18.4 Å². The van der Waals surface area contributed by atoms with Gasteiger partial charge in [-0.2, -0.15) is 0 Å². The topological polar surface area (TPSA) is 48.1 Å². The average Bonchev–Trinajstić information content (AvgIpc) is 2.82. The Kier molecular flexibility index (Phi) is 4.77. The van der Waals surface area contributed by atoms with E-state index < -0.39 is 0 Å². The summed E-state index contributed by atoms with van der Waals surface area (Å²) in [6, 6.07) is 8.42. The van der Waals surface area contributed by atoms with Gasteiger partial charge in [0.2, 0.25) is 0 Å². The van der Waals surface area contributed by atoms with E-state index in [-0.39, 0.29) is 0 Å². The summed E-state index contributed by atoms with van der Waals surface area (Å²) in [5.74, 6) is 0. The molecule has 3 nitrogen and oxygen atoms in total. The normalized spacial score (nSPS) is 10.8. The molecule has 0 saturated heterocycles. The third-order valence-electron chi connectivity index (χ3n) is 2.58. The fraction of sp³-hybridized carbons (Fsp3) is 0.308. The highest BCUT2D eigenvalue weighted by molar-refractivity contribution is 7.98. The molecule has 0 bridgehead atoms. The molecule has 0 spiro atoms. The molecule has 0 saturated carbocycles. The van der Waals surface area contributed by atoms with Crippen molar-refractivity contribution in [3.63, 3.8) is 0 Å². The molecule has 18 heavy (non-hydrogen) atoms. The Balaban J connectivity index is 2.31. The van der Waals surface area contributed by atoms with Crippen molar-refractivity contribution in [3.8, 4) is 10.6 Å². The maximum atomic E-state index is 5.73. The van der Waals surface area contributed by atoms with Gasteiger partial charge in [-0.15, -0.1) is 23.1 Å². The molecule has 96 valence electrons. The molecule has 2 rings (SSSR count). The van der Waals surface area contributed by atoms with Crippen molar-refractivity contribution < 1.29 is 4.74 Å². The number of hydrogen-bond acceptors (Lipinski definition) is 5. The highest BCUT2D eigenvalue weighted by Gasteiger charge is 2.11. The number of nitrogens with zero attached hydrogens (tertiary/aromatic N) is 1. The van der Waals surface area contributed by atoms with Crippen LogP contribution >= 0.6 is 23.1 Å². The van der Waals surface area contributed by atoms with Crippen molar-refractivity contribution in [2.75, 3.05) is 13.4 Å². The van der Waals surface area contributed by atoms with Crippen LogP contribution < -0.4 is 5.73 Å². The van der Waals surface area contributed by atoms with Gasteiger partial charge in [0, 0.05) is 29.0 Å². The van der Waals surface area contributed by atoms with E-state index in [1.165, 1.54) is 4.90 Å². The number of aromatic nitrogens is 1. The van der Waals surface area contributed by atoms with Crippen LogP contribution in [0.3, 0.4) is 0 Å². The molecule has 0 aliphatic carbocycles. The molecule has 1 heterocycles. The zero-order chi connectivity index (χ0) is 13.0. The zero-order valence-corrected chi connectivity index (χ0v) is 12.1. The van der Waals surface area contributed by atoms with E-state index in [2.05, 4.69) is 35.5 Å². The summed E-state index contributed by atoms with van der Waals surface area (Å²) in [4.78, 5) is 6.96. The molecular formula is C13H16N2OS2. The molecule has 0 aliphatic rings. The van der Waals surface area contributed by atoms with Crippen LogP contribution in [0.4, 0.5) is 0 Å². The first-order valence-electron chi connectivity index (χ1n) is 5.60. The number of benzene rings is 1. The molecular weight excluding hydrogens is 264 g/mol. The van der Waals surface area contributed by atoms with E-state index in [0.717, 1.165) is 21.1 Å². The van der Waals surface area contributed by atoms with E-state index in [0.29, 0.717) is 13.2 Å². The van der Waals surface area contributed by atoms with Gasteiger partial charge in [-0.3, -0.25) is 0 Å². The zero-order valence-electron chi connectivity index (χ0n) is 10.5. The molecule has 2 N–H and O–H groups in total. The molecule has 0 radical (unpaired) electrons. The minimum Gasteiger partial charge on any atom is -0.378 e. The molecule has 2 aromatic rings. The summed E-state index contributed by atoms with van der Waals surface area (Å²) in [7, 11) is 1.67. The molecule has 0 amide bonds. The number of methoxy groups -OCH3 is 1. The van der Waals surface area contributed by atoms with E-state index >= 15 is 0 Å². The van der Waals surface area contributed by atoms with Gasteiger partial charge in [0.05, 0.1) is 12.3 Å². The fourth-order valence-electron chi connectivity index (χ4n) is 1.65. The Hall–Kier alpha value is -0.880. The van der Waals surface area contributed by atoms with Crippen LogP contribution in [0.5, 0.6) is 0 Å². The maximum Gasteiger partial charge on any atom is 0.124 e. The number of nitrogens with two attached hydrogens (primary N) is 1. The van der Waals surface area contributed by atoms with Crippen molar-refractivity contribution in [3.05, 3.63) is 34.8 Å². The van der Waals surface area contributed by atoms with Crippen LogP contribution in [-0.4, -0.2) is 18.3 Å². The lowest BCUT2D eigenvalue weighted by atomic mass is 10.2. The van der Waals surface area contributed by atoms with Gasteiger partial charge >= 0.3 is 0 Å². The Morgan fingerprint density at radius 1 is 1.33 bits per heavy atom. The second-order valence-corrected chi connectivity index (χ2v) is 5.72. The lowest BCUT2D eigenvalue weighted by molar-refractivity contribution is 0.181. The third-order valence-corrected chi connectivity index (χ3v) is 4.49. The average molecular weight is 280 g/mol. The fourth-order valence-corrected chi connectivity index (χ4v) is 3.01. The van der Waals surface area contributed by atoms with E-state index in [1.807, 2.05) is 0 Å². The number of ether oxygens (including phenoxy) is 1. The predicted octanol–water partition coefficient (Wildman–Crippen LogP) is 3.14. The maximum absolute atomic E-state index is 5.73. The first-order valence-corrected chi connectivity index (χ1v) is 7.64. The number of thioether (sulfide) groups is 1. The van der Waals surface area contributed by atoms with Gasteiger partial charge in [-0.1, -0.05) is 12.1 Å². The van der Waals surface area contributed by atoms with Gasteiger partial charge < -0.3 is 10.5 Å². The minimum atomic E-state index is 0.513. The van der Waals surface area contributed by atoms with Crippen molar-refractivity contribution >= 4 is 23.1 Å². The lowest BCUT2D eigenvalue weighted by Crippen LogP contribution is -1.99. The first-order chi connectivity index (χ1) is 8.78. The van der Waals surface area contributed by atoms with Crippen molar-refractivity contribution in [2.45, 2.75) is 18.0 Å². The van der Waals surface area contributed by atoms with Crippen molar-refractivity contribution in [1.29, 1.82) is 0 Å². The summed E-state index contributed by atoms with van der Waals surface area (Å²) in [5.41, 5.74) is 7.82. The largest absolute Gasteiger partial charge is 0.378 e. The minimum absolute atomic E-state index is 0.513. The SMILES string of the molecule is COCc1nc(-c2ccc(SC)cc2)sc1CN. The Bertz CT molecular complexity index is 508. The first kappa shape index (κ1) is 13.5. The highest BCUT2D eigenvalue weighted by Crippen LogP contribution is 2.29. The second-order valence-electron chi connectivity index (χ2n) is 3.75. The predicted molar refractivity (Wildman–Crippen MR) is 77.9 cm³/mol. The summed E-state index contributed by atoms with van der Waals surface area (Å²) in [6.45, 7) is 1.03. The monoisotopic (exact) mass is 280 g/mol.